The molecule has 0 radical (unpaired) electrons. The van der Waals surface area contributed by atoms with Gasteiger partial charge in [-0.2, -0.15) is 0 Å². The normalized spacial score (nSPS) is 12.2. The van der Waals surface area contributed by atoms with Crippen molar-refractivity contribution in [3.63, 3.8) is 0 Å². The molecule has 0 aromatic rings. The van der Waals surface area contributed by atoms with Crippen molar-refractivity contribution in [2.24, 2.45) is 0 Å². The van der Waals surface area contributed by atoms with E-state index in [0.29, 0.717) is 13.0 Å². The van der Waals surface area contributed by atoms with Gasteiger partial charge in [0.2, 0.25) is 5.91 Å². The monoisotopic (exact) mass is 187 g/mol. The number of carbonyl (C=O) groups is 2. The van der Waals surface area contributed by atoms with E-state index in [1.165, 1.54) is 6.92 Å². The highest BCUT2D eigenvalue weighted by molar-refractivity contribution is 5.83. The molecule has 13 heavy (non-hydrogen) atoms. The Labute approximate surface area is 78.6 Å². The second-order valence-electron chi connectivity index (χ2n) is 3.05. The Bertz CT molecular complexity index is 180. The Hall–Kier alpha value is -0.900. The van der Waals surface area contributed by atoms with Crippen LogP contribution in [0, 0.1) is 0 Å². The zero-order valence-electron chi connectivity index (χ0n) is 8.42. The molecule has 0 aliphatic rings. The Morgan fingerprint density at radius 1 is 1.38 bits per heavy atom. The molecule has 0 bridgehead atoms. The predicted octanol–water partition coefficient (Wildman–Crippen LogP) is 0.507. The lowest BCUT2D eigenvalue weighted by Gasteiger charge is -2.09. The molecular formula is C9H17NO3. The molecule has 0 heterocycles. The minimum atomic E-state index is -0.0981. The first-order valence-electron chi connectivity index (χ1n) is 4.35. The van der Waals surface area contributed by atoms with Gasteiger partial charge in [-0.05, 0) is 13.8 Å². The molecule has 0 rings (SSSR count). The number of hydrogen-bond donors (Lipinski definition) is 1. The van der Waals surface area contributed by atoms with Crippen LogP contribution in [0.1, 0.15) is 26.7 Å². The zero-order chi connectivity index (χ0) is 10.3. The van der Waals surface area contributed by atoms with Crippen LogP contribution in [-0.2, 0) is 14.3 Å². The second kappa shape index (κ2) is 6.60. The van der Waals surface area contributed by atoms with Gasteiger partial charge in [-0.15, -0.1) is 0 Å². The Morgan fingerprint density at radius 2 is 2.00 bits per heavy atom. The molecule has 0 fully saturated rings. The summed E-state index contributed by atoms with van der Waals surface area (Å²) in [5.74, 6) is -0.0611. The lowest BCUT2D eigenvalue weighted by atomic mass is 10.2. The predicted molar refractivity (Wildman–Crippen MR) is 49.4 cm³/mol. The fraction of sp³-hybridized carbons (Fsp3) is 0.778. The van der Waals surface area contributed by atoms with Crippen LogP contribution in [0.4, 0.5) is 0 Å². The van der Waals surface area contributed by atoms with Crippen LogP contribution in [0.2, 0.25) is 0 Å². The molecule has 1 amide bonds. The second-order valence-corrected chi connectivity index (χ2v) is 3.05. The summed E-state index contributed by atoms with van der Waals surface area (Å²) in [6, 6.07) is 0. The molecule has 4 nitrogen and oxygen atoms in total. The first-order valence-corrected chi connectivity index (χ1v) is 4.35. The molecule has 0 saturated heterocycles. The fourth-order valence-corrected chi connectivity index (χ4v) is 0.719. The molecular weight excluding hydrogens is 170 g/mol. The number of nitrogens with one attached hydrogen (secondary N) is 1. The van der Waals surface area contributed by atoms with E-state index in [1.54, 1.807) is 7.11 Å². The van der Waals surface area contributed by atoms with Crippen LogP contribution in [0.3, 0.4) is 0 Å². The van der Waals surface area contributed by atoms with Crippen molar-refractivity contribution < 1.29 is 14.3 Å². The van der Waals surface area contributed by atoms with E-state index in [4.69, 9.17) is 4.74 Å². The van der Waals surface area contributed by atoms with E-state index in [9.17, 15) is 9.59 Å². The third-order valence-electron chi connectivity index (χ3n) is 1.69. The molecule has 76 valence electrons. The van der Waals surface area contributed by atoms with Crippen molar-refractivity contribution in [1.29, 1.82) is 0 Å². The molecule has 1 unspecified atom stereocenters. The molecule has 0 saturated carbocycles. The highest BCUT2D eigenvalue weighted by atomic mass is 16.5. The van der Waals surface area contributed by atoms with Gasteiger partial charge < -0.3 is 14.8 Å². The minimum Gasteiger partial charge on any atom is -0.380 e. The third kappa shape index (κ3) is 7.46. The third-order valence-corrected chi connectivity index (χ3v) is 1.69. The van der Waals surface area contributed by atoms with Crippen molar-refractivity contribution >= 4 is 11.7 Å². The molecule has 1 atom stereocenters. The van der Waals surface area contributed by atoms with Gasteiger partial charge in [0, 0.05) is 26.5 Å². The average molecular weight is 187 g/mol. The maximum absolute atomic E-state index is 11.0. The highest BCUT2D eigenvalue weighted by Gasteiger charge is 2.05. The molecule has 1 N–H and O–H groups in total. The van der Waals surface area contributed by atoms with Crippen molar-refractivity contribution in [2.45, 2.75) is 32.8 Å². The van der Waals surface area contributed by atoms with Gasteiger partial charge in [-0.3, -0.25) is 4.79 Å². The molecule has 0 aromatic carbocycles. The van der Waals surface area contributed by atoms with Crippen LogP contribution in [0.5, 0.6) is 0 Å². The number of Topliss-reactive ketones (excluding diaryl/α,β-unsaturated/α-hetero) is 1. The van der Waals surface area contributed by atoms with E-state index in [-0.39, 0.29) is 24.2 Å². The van der Waals surface area contributed by atoms with Crippen molar-refractivity contribution in [3.8, 4) is 0 Å². The maximum atomic E-state index is 11.0. The van der Waals surface area contributed by atoms with Crippen LogP contribution >= 0.6 is 0 Å². The topological polar surface area (TPSA) is 55.4 Å². The number of rotatable bonds is 6. The lowest BCUT2D eigenvalue weighted by Crippen LogP contribution is -2.31. The molecule has 4 heteroatoms. The van der Waals surface area contributed by atoms with Gasteiger partial charge in [0.05, 0.1) is 6.10 Å². The lowest BCUT2D eigenvalue weighted by molar-refractivity contribution is -0.125. The van der Waals surface area contributed by atoms with Gasteiger partial charge in [-0.1, -0.05) is 0 Å². The summed E-state index contributed by atoms with van der Waals surface area (Å²) >= 11 is 0. The van der Waals surface area contributed by atoms with Crippen molar-refractivity contribution in [1.82, 2.24) is 5.32 Å². The largest absolute Gasteiger partial charge is 0.380 e. The van der Waals surface area contributed by atoms with Crippen LogP contribution in [0.15, 0.2) is 0 Å². The fourth-order valence-electron chi connectivity index (χ4n) is 0.719. The Morgan fingerprint density at radius 3 is 2.46 bits per heavy atom. The first kappa shape index (κ1) is 12.1. The smallest absolute Gasteiger partial charge is 0.220 e. The summed E-state index contributed by atoms with van der Waals surface area (Å²) in [6.07, 6.45) is 0.597. The van der Waals surface area contributed by atoms with E-state index in [2.05, 4.69) is 5.32 Å². The number of hydrogen-bond acceptors (Lipinski definition) is 3. The van der Waals surface area contributed by atoms with Crippen LogP contribution in [-0.4, -0.2) is 31.4 Å². The minimum absolute atomic E-state index is 0.0151. The zero-order valence-corrected chi connectivity index (χ0v) is 8.42. The van der Waals surface area contributed by atoms with E-state index >= 15 is 0 Å². The maximum Gasteiger partial charge on any atom is 0.220 e. The highest BCUT2D eigenvalue weighted by Crippen LogP contribution is 1.91. The quantitative estimate of drug-likeness (QED) is 0.659. The Balaban J connectivity index is 3.46. The van der Waals surface area contributed by atoms with E-state index < -0.39 is 0 Å². The summed E-state index contributed by atoms with van der Waals surface area (Å²) in [6.45, 7) is 3.84. The van der Waals surface area contributed by atoms with E-state index in [1.807, 2.05) is 6.92 Å². The number of carbonyl (C=O) groups excluding carboxylic acids is 2. The number of ketones is 1. The number of ether oxygens (including phenoxy) is 1. The standard InChI is InChI=1S/C9H17NO3/c1-7(11)4-5-9(12)10-6-8(2)13-3/h8H,4-6H2,1-3H3,(H,10,12). The summed E-state index contributed by atoms with van der Waals surface area (Å²) in [5.41, 5.74) is 0. The first-order chi connectivity index (χ1) is 6.06. The van der Waals surface area contributed by atoms with Gasteiger partial charge in [0.15, 0.2) is 0 Å². The molecule has 0 aromatic heterocycles. The van der Waals surface area contributed by atoms with Crippen molar-refractivity contribution in [2.75, 3.05) is 13.7 Å². The van der Waals surface area contributed by atoms with Gasteiger partial charge in [-0.25, -0.2) is 0 Å². The van der Waals surface area contributed by atoms with E-state index in [0.717, 1.165) is 0 Å². The van der Waals surface area contributed by atoms with Gasteiger partial charge in [0.1, 0.15) is 5.78 Å². The number of methoxy groups -OCH3 is 1. The number of amides is 1. The molecule has 0 aliphatic heterocycles. The van der Waals surface area contributed by atoms with Crippen molar-refractivity contribution in [3.05, 3.63) is 0 Å². The summed E-state index contributed by atoms with van der Waals surface area (Å²) in [7, 11) is 1.59. The Kier molecular flexibility index (Phi) is 6.14. The SMILES string of the molecule is COC(C)CNC(=O)CCC(C)=O. The molecule has 0 aliphatic carbocycles. The summed E-state index contributed by atoms with van der Waals surface area (Å²) < 4.78 is 4.94. The van der Waals surface area contributed by atoms with Gasteiger partial charge >= 0.3 is 0 Å². The summed E-state index contributed by atoms with van der Waals surface area (Å²) in [5, 5.41) is 2.67. The average Bonchev–Trinajstić information content (AvgIpc) is 2.10. The van der Waals surface area contributed by atoms with Gasteiger partial charge in [0.25, 0.3) is 0 Å². The van der Waals surface area contributed by atoms with Crippen LogP contribution < -0.4 is 5.32 Å². The molecule has 0 spiro atoms. The summed E-state index contributed by atoms with van der Waals surface area (Å²) in [4.78, 5) is 21.6. The van der Waals surface area contributed by atoms with Crippen LogP contribution in [0.25, 0.3) is 0 Å².